The van der Waals surface area contributed by atoms with Gasteiger partial charge >= 0.3 is 0 Å². The third-order valence-electron chi connectivity index (χ3n) is 0.591. The normalized spacial score (nSPS) is 8.71. The summed E-state index contributed by atoms with van der Waals surface area (Å²) < 4.78 is 4.48. The Kier molecular flexibility index (Phi) is 0.997. The van der Waals surface area contributed by atoms with Crippen molar-refractivity contribution in [2.45, 2.75) is 0 Å². The minimum Gasteiger partial charge on any atom is -0.468 e. The first-order chi connectivity index (χ1) is 3.43. The van der Waals surface area contributed by atoms with Crippen molar-refractivity contribution in [2.75, 3.05) is 0 Å². The fourth-order valence-electron chi connectivity index (χ4n) is 0.299. The Hall–Kier alpha value is -0.960. The van der Waals surface area contributed by atoms with Crippen molar-refractivity contribution < 1.29 is 14.6 Å². The van der Waals surface area contributed by atoms with Gasteiger partial charge in [-0.2, -0.15) is 0 Å². The van der Waals surface area contributed by atoms with Gasteiger partial charge in [0.05, 0.1) is 6.26 Å². The molecule has 0 amide bonds. The molecule has 0 aromatic carbocycles. The highest BCUT2D eigenvalue weighted by molar-refractivity contribution is 5.11. The Morgan fingerprint density at radius 3 is 2.86 bits per heavy atom. The standard InChI is InChI=1S/C4H3O3/c5-7-4-1-2-6-3-4/h1-3H. The van der Waals surface area contributed by atoms with Crippen LogP contribution in [0.2, 0.25) is 0 Å². The second-order valence-electron chi connectivity index (χ2n) is 1.04. The smallest absolute Gasteiger partial charge is 0.206 e. The lowest BCUT2D eigenvalue weighted by molar-refractivity contribution is -0.208. The first kappa shape index (κ1) is 4.21. The molecule has 3 heteroatoms. The van der Waals surface area contributed by atoms with E-state index in [0.29, 0.717) is 0 Å². The van der Waals surface area contributed by atoms with Crippen LogP contribution in [0, 0.1) is 0 Å². The molecule has 0 spiro atoms. The van der Waals surface area contributed by atoms with Crippen molar-refractivity contribution in [3.05, 3.63) is 18.6 Å². The van der Waals surface area contributed by atoms with Gasteiger partial charge in [-0.1, -0.05) is 0 Å². The molecule has 0 fully saturated rings. The van der Waals surface area contributed by atoms with E-state index < -0.39 is 0 Å². The van der Waals surface area contributed by atoms with Gasteiger partial charge in [-0.15, -0.1) is 0 Å². The topological polar surface area (TPSA) is 42.3 Å². The van der Waals surface area contributed by atoms with Gasteiger partial charge in [0.2, 0.25) is 5.75 Å². The molecule has 0 bridgehead atoms. The Morgan fingerprint density at radius 2 is 2.57 bits per heavy atom. The minimum atomic E-state index is 0.208. The van der Waals surface area contributed by atoms with E-state index in [1.807, 2.05) is 0 Å². The molecule has 1 rings (SSSR count). The van der Waals surface area contributed by atoms with Crippen molar-refractivity contribution in [1.29, 1.82) is 0 Å². The third kappa shape index (κ3) is 0.721. The average Bonchev–Trinajstić information content (AvgIpc) is 2.14. The predicted octanol–water partition coefficient (Wildman–Crippen LogP) is 1.00. The Balaban J connectivity index is 2.76. The van der Waals surface area contributed by atoms with Crippen LogP contribution in [0.5, 0.6) is 5.75 Å². The molecule has 1 aromatic rings. The molecule has 7 heavy (non-hydrogen) atoms. The highest BCUT2D eigenvalue weighted by atomic mass is 17.1. The lowest BCUT2D eigenvalue weighted by atomic mass is 10.6. The molecule has 0 saturated carbocycles. The largest absolute Gasteiger partial charge is 0.468 e. The van der Waals surface area contributed by atoms with Crippen LogP contribution in [-0.4, -0.2) is 0 Å². The fraction of sp³-hybridized carbons (Fsp3) is 0. The van der Waals surface area contributed by atoms with E-state index in [1.165, 1.54) is 18.6 Å². The molecular weight excluding hydrogens is 96.0 g/mol. The van der Waals surface area contributed by atoms with Crippen molar-refractivity contribution in [3.8, 4) is 5.75 Å². The number of hydrogen-bond donors (Lipinski definition) is 0. The van der Waals surface area contributed by atoms with E-state index in [1.54, 1.807) is 0 Å². The van der Waals surface area contributed by atoms with E-state index in [0.717, 1.165) is 0 Å². The summed E-state index contributed by atoms with van der Waals surface area (Å²) in [7, 11) is 0. The Labute approximate surface area is 40.1 Å². The second kappa shape index (κ2) is 1.66. The van der Waals surface area contributed by atoms with Crippen LogP contribution in [0.15, 0.2) is 23.0 Å². The van der Waals surface area contributed by atoms with Gasteiger partial charge in [0.15, 0.2) is 0 Å². The summed E-state index contributed by atoms with van der Waals surface area (Å²) in [5, 5.41) is 9.43. The third-order valence-corrected chi connectivity index (χ3v) is 0.591. The van der Waals surface area contributed by atoms with E-state index in [4.69, 9.17) is 0 Å². The van der Waals surface area contributed by atoms with Crippen LogP contribution in [0.25, 0.3) is 0 Å². The van der Waals surface area contributed by atoms with Crippen molar-refractivity contribution in [3.63, 3.8) is 0 Å². The van der Waals surface area contributed by atoms with E-state index in [9.17, 15) is 5.26 Å². The molecule has 0 saturated heterocycles. The molecule has 37 valence electrons. The monoisotopic (exact) mass is 99.0 g/mol. The molecule has 0 atom stereocenters. The van der Waals surface area contributed by atoms with Crippen molar-refractivity contribution in [2.24, 2.45) is 0 Å². The Bertz CT molecular complexity index is 121. The molecular formula is C4H3O3. The highest BCUT2D eigenvalue weighted by Crippen LogP contribution is 2.07. The van der Waals surface area contributed by atoms with Crippen LogP contribution in [0.1, 0.15) is 0 Å². The first-order valence-corrected chi connectivity index (χ1v) is 1.75. The Morgan fingerprint density at radius 1 is 1.71 bits per heavy atom. The summed E-state index contributed by atoms with van der Waals surface area (Å²) in [5.74, 6) is 0.208. The molecule has 0 aliphatic carbocycles. The van der Waals surface area contributed by atoms with Gasteiger partial charge in [-0.3, -0.25) is 0 Å². The maximum absolute atomic E-state index is 9.43. The number of rotatable bonds is 1. The zero-order valence-electron chi connectivity index (χ0n) is 3.46. The average molecular weight is 99.1 g/mol. The van der Waals surface area contributed by atoms with E-state index in [2.05, 4.69) is 9.30 Å². The van der Waals surface area contributed by atoms with E-state index in [-0.39, 0.29) is 5.75 Å². The van der Waals surface area contributed by atoms with Crippen LogP contribution in [0.4, 0.5) is 0 Å². The summed E-state index contributed by atoms with van der Waals surface area (Å²) in [6.07, 6.45) is 2.60. The molecule has 0 aliphatic rings. The van der Waals surface area contributed by atoms with Crippen LogP contribution >= 0.6 is 0 Å². The minimum absolute atomic E-state index is 0.208. The highest BCUT2D eigenvalue weighted by Gasteiger charge is 1.88. The van der Waals surface area contributed by atoms with Gasteiger partial charge in [-0.05, 0) is 0 Å². The lowest BCUT2D eigenvalue weighted by Crippen LogP contribution is -1.73. The molecule has 1 aromatic heterocycles. The van der Waals surface area contributed by atoms with Gasteiger partial charge in [0, 0.05) is 11.3 Å². The summed E-state index contributed by atoms with van der Waals surface area (Å²) in [5.41, 5.74) is 0. The predicted molar refractivity (Wildman–Crippen MR) is 20.0 cm³/mol. The summed E-state index contributed by atoms with van der Waals surface area (Å²) in [4.78, 5) is 3.51. The van der Waals surface area contributed by atoms with E-state index >= 15 is 0 Å². The SMILES string of the molecule is [O]Oc1ccoc1. The molecule has 1 radical (unpaired) electrons. The second-order valence-corrected chi connectivity index (χ2v) is 1.04. The maximum Gasteiger partial charge on any atom is 0.206 e. The summed E-state index contributed by atoms with van der Waals surface area (Å²) in [6, 6.07) is 1.44. The zero-order valence-corrected chi connectivity index (χ0v) is 3.46. The van der Waals surface area contributed by atoms with Crippen molar-refractivity contribution >= 4 is 0 Å². The van der Waals surface area contributed by atoms with Crippen molar-refractivity contribution in [1.82, 2.24) is 0 Å². The van der Waals surface area contributed by atoms with Gasteiger partial charge in [0.25, 0.3) is 0 Å². The van der Waals surface area contributed by atoms with Gasteiger partial charge in [0.1, 0.15) is 6.26 Å². The van der Waals surface area contributed by atoms with Crippen LogP contribution < -0.4 is 4.89 Å². The molecule has 0 aliphatic heterocycles. The summed E-state index contributed by atoms with van der Waals surface area (Å²) in [6.45, 7) is 0. The van der Waals surface area contributed by atoms with Gasteiger partial charge in [-0.25, -0.2) is 0 Å². The quantitative estimate of drug-likeness (QED) is 0.389. The first-order valence-electron chi connectivity index (χ1n) is 1.75. The maximum atomic E-state index is 9.43. The van der Waals surface area contributed by atoms with Gasteiger partial charge < -0.3 is 9.30 Å². The lowest BCUT2D eigenvalue weighted by Gasteiger charge is -1.76. The van der Waals surface area contributed by atoms with Crippen LogP contribution in [-0.2, 0) is 5.26 Å². The zero-order chi connectivity index (χ0) is 5.11. The number of furan rings is 1. The summed E-state index contributed by atoms with van der Waals surface area (Å²) >= 11 is 0. The van der Waals surface area contributed by atoms with Crippen LogP contribution in [0.3, 0.4) is 0 Å². The number of hydrogen-bond acceptors (Lipinski definition) is 2. The fourth-order valence-corrected chi connectivity index (χ4v) is 0.299. The molecule has 0 unspecified atom stereocenters. The molecule has 3 nitrogen and oxygen atoms in total. The molecule has 1 heterocycles. The molecule has 0 N–H and O–H groups in total.